The summed E-state index contributed by atoms with van der Waals surface area (Å²) in [7, 11) is 5.69. The number of nitrogens with zero attached hydrogens (tertiary/aromatic N) is 1. The first-order valence-electron chi connectivity index (χ1n) is 17.9. The summed E-state index contributed by atoms with van der Waals surface area (Å²) in [5.74, 6) is -1.45. The topological polar surface area (TPSA) is 112 Å². The first-order chi connectivity index (χ1) is 21.8. The summed E-state index contributed by atoms with van der Waals surface area (Å²) >= 11 is 0. The molecule has 0 spiro atoms. The molecule has 5 rings (SSSR count). The van der Waals surface area contributed by atoms with Crippen molar-refractivity contribution in [1.82, 2.24) is 4.90 Å². The largest absolute Gasteiger partial charge is 0.481 e. The number of rotatable bonds is 10. The zero-order chi connectivity index (χ0) is 34.9. The summed E-state index contributed by atoms with van der Waals surface area (Å²) in [6, 6.07) is 0.0300. The molecule has 0 aromatic carbocycles. The van der Waals surface area contributed by atoms with Crippen molar-refractivity contribution in [2.24, 2.45) is 56.7 Å². The Morgan fingerprint density at radius 1 is 1.06 bits per heavy atom. The van der Waals surface area contributed by atoms with E-state index in [0.29, 0.717) is 38.8 Å². The van der Waals surface area contributed by atoms with E-state index in [2.05, 4.69) is 46.4 Å². The van der Waals surface area contributed by atoms with Gasteiger partial charge in [-0.05, 0) is 86.8 Å². The second-order valence-corrected chi connectivity index (χ2v) is 17.4. The summed E-state index contributed by atoms with van der Waals surface area (Å²) in [6.07, 6.45) is 4.82. The smallest absolute Gasteiger partial charge is 0.308 e. The second kappa shape index (κ2) is 12.5. The Kier molecular flexibility index (Phi) is 9.70. The number of methoxy groups -OCH3 is 1. The predicted molar refractivity (Wildman–Crippen MR) is 179 cm³/mol. The van der Waals surface area contributed by atoms with E-state index >= 15 is 0 Å². The number of carboxylic acids is 1. The monoisotopic (exact) mass is 659 g/mol. The lowest BCUT2D eigenvalue weighted by atomic mass is 9.34. The highest BCUT2D eigenvalue weighted by Crippen LogP contribution is 2.74. The van der Waals surface area contributed by atoms with Crippen LogP contribution in [-0.2, 0) is 33.3 Å². The quantitative estimate of drug-likeness (QED) is 0.298. The standard InChI is InChI=1S/C38H61NO8/c1-22(2)23(3)34(5)14-15-36(7)26-12-13-29-35(6)20-45-21-38(29,27(26)16-30(41)37(36,8)31(34)33(42)43)17-28(47-24(4)40)32(35)46-19-25(18-44-11)39(9)10/h16,22-23,25-26,28-29,31-32H,12-15,17-21H2,1-11H3,(H,42,43)/t23-,25?,26+,28-,29+,31-,32+,34-,35-,36-,37+,38+/m1/s1. The number of hydrogen-bond donors (Lipinski definition) is 1. The minimum atomic E-state index is -1.05. The molecule has 4 fully saturated rings. The molecule has 266 valence electrons. The SMILES string of the molecule is COCC(CO[C@H]1[C@H](OC(C)=O)C[C@@]23COC[C@]1(C)[C@@H]2CC[C@H]1C3=CC(=O)[C@@]2(C)[C@H](C(=O)O)[C@@](C)([C@H](C)C(C)C)CC[C@]12C)N(C)C. The molecule has 4 aliphatic carbocycles. The van der Waals surface area contributed by atoms with E-state index in [1.807, 2.05) is 27.1 Å². The lowest BCUT2D eigenvalue weighted by Gasteiger charge is -2.70. The second-order valence-electron chi connectivity index (χ2n) is 17.4. The molecule has 0 radical (unpaired) electrons. The van der Waals surface area contributed by atoms with Gasteiger partial charge in [0.1, 0.15) is 12.2 Å². The van der Waals surface area contributed by atoms with Crippen LogP contribution in [-0.4, -0.2) is 93.6 Å². The van der Waals surface area contributed by atoms with Crippen molar-refractivity contribution < 1.29 is 38.4 Å². The number of carboxylic acid groups (broad SMARTS) is 1. The molecule has 0 aromatic rings. The van der Waals surface area contributed by atoms with Crippen LogP contribution in [0.4, 0.5) is 0 Å². The number of ketones is 1. The van der Waals surface area contributed by atoms with E-state index in [0.717, 1.165) is 31.3 Å². The van der Waals surface area contributed by atoms with Crippen molar-refractivity contribution in [2.75, 3.05) is 47.6 Å². The molecule has 3 saturated carbocycles. The molecule has 1 unspecified atom stereocenters. The van der Waals surface area contributed by atoms with E-state index in [9.17, 15) is 19.5 Å². The third-order valence-corrected chi connectivity index (χ3v) is 14.8. The highest BCUT2D eigenvalue weighted by molar-refractivity contribution is 6.00. The molecule has 1 saturated heterocycles. The van der Waals surface area contributed by atoms with Gasteiger partial charge in [0.15, 0.2) is 5.78 Å². The van der Waals surface area contributed by atoms with Gasteiger partial charge >= 0.3 is 11.9 Å². The van der Waals surface area contributed by atoms with Gasteiger partial charge in [-0.15, -0.1) is 0 Å². The maximum atomic E-state index is 14.8. The molecular formula is C38H61NO8. The predicted octanol–water partition coefficient (Wildman–Crippen LogP) is 5.65. The molecule has 47 heavy (non-hydrogen) atoms. The van der Waals surface area contributed by atoms with Gasteiger partial charge in [-0.1, -0.05) is 54.0 Å². The lowest BCUT2D eigenvalue weighted by molar-refractivity contribution is -0.267. The lowest BCUT2D eigenvalue weighted by Crippen LogP contribution is -2.71. The third-order valence-electron chi connectivity index (χ3n) is 14.8. The molecule has 2 bridgehead atoms. The fraction of sp³-hybridized carbons (Fsp3) is 0.868. The summed E-state index contributed by atoms with van der Waals surface area (Å²) in [5.41, 5.74) is -1.98. The zero-order valence-corrected chi connectivity index (χ0v) is 30.8. The van der Waals surface area contributed by atoms with Crippen molar-refractivity contribution in [3.05, 3.63) is 11.6 Å². The summed E-state index contributed by atoms with van der Waals surface area (Å²) in [6.45, 7) is 18.3. The van der Waals surface area contributed by atoms with Crippen molar-refractivity contribution in [3.8, 4) is 0 Å². The van der Waals surface area contributed by atoms with Crippen LogP contribution in [0.1, 0.15) is 87.5 Å². The first kappa shape index (κ1) is 36.5. The van der Waals surface area contributed by atoms with Crippen LogP contribution in [0.3, 0.4) is 0 Å². The van der Waals surface area contributed by atoms with Crippen LogP contribution in [0.5, 0.6) is 0 Å². The van der Waals surface area contributed by atoms with Gasteiger partial charge in [0.2, 0.25) is 0 Å². The maximum Gasteiger partial charge on any atom is 0.308 e. The van der Waals surface area contributed by atoms with E-state index in [1.54, 1.807) is 7.11 Å². The van der Waals surface area contributed by atoms with E-state index in [1.165, 1.54) is 6.92 Å². The number of allylic oxidation sites excluding steroid dienone is 1. The number of esters is 1. The van der Waals surface area contributed by atoms with Gasteiger partial charge in [-0.2, -0.15) is 0 Å². The molecule has 9 nitrogen and oxygen atoms in total. The number of hydrogen-bond acceptors (Lipinski definition) is 8. The molecule has 1 aliphatic heterocycles. The molecule has 0 aromatic heterocycles. The molecule has 5 aliphatic rings. The molecule has 9 heteroatoms. The average molecular weight is 660 g/mol. The van der Waals surface area contributed by atoms with E-state index in [-0.39, 0.29) is 41.7 Å². The Bertz CT molecular complexity index is 1280. The van der Waals surface area contributed by atoms with Gasteiger partial charge in [0.05, 0.1) is 38.4 Å². The van der Waals surface area contributed by atoms with Gasteiger partial charge in [-0.3, -0.25) is 14.4 Å². The van der Waals surface area contributed by atoms with Crippen LogP contribution >= 0.6 is 0 Å². The van der Waals surface area contributed by atoms with Crippen LogP contribution in [0.15, 0.2) is 11.6 Å². The summed E-state index contributed by atoms with van der Waals surface area (Å²) in [4.78, 5) is 42.9. The fourth-order valence-electron chi connectivity index (χ4n) is 11.7. The van der Waals surface area contributed by atoms with Gasteiger partial charge < -0.3 is 29.0 Å². The van der Waals surface area contributed by atoms with E-state index < -0.39 is 45.1 Å². The van der Waals surface area contributed by atoms with E-state index in [4.69, 9.17) is 18.9 Å². The number of ether oxygens (including phenoxy) is 4. The normalized spacial score (nSPS) is 44.1. The van der Waals surface area contributed by atoms with Crippen LogP contribution in [0.25, 0.3) is 0 Å². The minimum absolute atomic E-state index is 0.0300. The number of carbonyl (C=O) groups excluding carboxylic acids is 2. The van der Waals surface area contributed by atoms with Crippen LogP contribution in [0, 0.1) is 56.7 Å². The highest BCUT2D eigenvalue weighted by Gasteiger charge is 2.74. The highest BCUT2D eigenvalue weighted by atomic mass is 16.6. The Morgan fingerprint density at radius 3 is 2.32 bits per heavy atom. The Hall–Kier alpha value is -1.81. The number of fused-ring (bicyclic) bond motifs is 3. The zero-order valence-electron chi connectivity index (χ0n) is 30.8. The van der Waals surface area contributed by atoms with Crippen molar-refractivity contribution >= 4 is 17.7 Å². The molecule has 0 amide bonds. The fourth-order valence-corrected chi connectivity index (χ4v) is 11.7. The Labute approximate surface area is 282 Å². The molecule has 1 heterocycles. The van der Waals surface area contributed by atoms with Gasteiger partial charge in [0, 0.05) is 30.3 Å². The summed E-state index contributed by atoms with van der Waals surface area (Å²) < 4.78 is 24.9. The Morgan fingerprint density at radius 2 is 1.74 bits per heavy atom. The average Bonchev–Trinajstić information content (AvgIpc) is 2.97. The van der Waals surface area contributed by atoms with Crippen molar-refractivity contribution in [2.45, 2.75) is 106 Å². The molecule has 1 N–H and O–H groups in total. The van der Waals surface area contributed by atoms with Crippen LogP contribution in [0.2, 0.25) is 0 Å². The van der Waals surface area contributed by atoms with Gasteiger partial charge in [-0.25, -0.2) is 0 Å². The number of carbonyl (C=O) groups is 3. The third kappa shape index (κ3) is 5.27. The molecule has 12 atom stereocenters. The first-order valence-corrected chi connectivity index (χ1v) is 17.9. The van der Waals surface area contributed by atoms with Gasteiger partial charge in [0.25, 0.3) is 0 Å². The molecular weight excluding hydrogens is 598 g/mol. The Balaban J connectivity index is 1.60. The maximum absolute atomic E-state index is 14.8. The number of aliphatic carboxylic acids is 1. The van der Waals surface area contributed by atoms with Crippen LogP contribution < -0.4 is 0 Å². The van der Waals surface area contributed by atoms with Crippen molar-refractivity contribution in [1.29, 1.82) is 0 Å². The number of likely N-dealkylation sites (N-methyl/N-ethyl adjacent to an activating group) is 1. The summed E-state index contributed by atoms with van der Waals surface area (Å²) in [5, 5.41) is 10.9. The minimum Gasteiger partial charge on any atom is -0.481 e. The van der Waals surface area contributed by atoms with Crippen molar-refractivity contribution in [3.63, 3.8) is 0 Å².